The number of amides is 2. The Morgan fingerprint density at radius 3 is 2.74 bits per heavy atom. The third kappa shape index (κ3) is 4.10. The standard InChI is InChI=1S/C16H14ClN3OS2/c1-10-14(23-15(19-10)13-3-2-8-22-13)9-18-16(21)20-12-6-4-11(17)5-7-12/h2-8H,9H2,1H3,(H2,18,20,21). The fourth-order valence-electron chi connectivity index (χ4n) is 1.97. The van der Waals surface area contributed by atoms with E-state index >= 15 is 0 Å². The van der Waals surface area contributed by atoms with E-state index in [4.69, 9.17) is 11.6 Å². The largest absolute Gasteiger partial charge is 0.333 e. The van der Waals surface area contributed by atoms with Crippen LogP contribution in [-0.2, 0) is 6.54 Å². The molecule has 2 N–H and O–H groups in total. The van der Waals surface area contributed by atoms with E-state index in [9.17, 15) is 4.79 Å². The number of nitrogens with one attached hydrogen (secondary N) is 2. The second-order valence-corrected chi connectivity index (χ2v) is 7.29. The first-order valence-corrected chi connectivity index (χ1v) is 9.00. The molecule has 0 saturated carbocycles. The minimum Gasteiger partial charge on any atom is -0.333 e. The highest BCUT2D eigenvalue weighted by Crippen LogP contribution is 2.30. The van der Waals surface area contributed by atoms with E-state index < -0.39 is 0 Å². The van der Waals surface area contributed by atoms with Crippen LogP contribution in [0.3, 0.4) is 0 Å². The molecule has 1 aromatic carbocycles. The molecule has 0 bridgehead atoms. The minimum atomic E-state index is -0.252. The number of nitrogens with zero attached hydrogens (tertiary/aromatic N) is 1. The van der Waals surface area contributed by atoms with Gasteiger partial charge in [-0.15, -0.1) is 22.7 Å². The second-order valence-electron chi connectivity index (χ2n) is 4.82. The number of aromatic nitrogens is 1. The van der Waals surface area contributed by atoms with Crippen LogP contribution >= 0.6 is 34.3 Å². The van der Waals surface area contributed by atoms with E-state index in [2.05, 4.69) is 15.6 Å². The first-order chi connectivity index (χ1) is 11.1. The lowest BCUT2D eigenvalue weighted by Crippen LogP contribution is -2.28. The Kier molecular flexibility index (Phi) is 4.95. The molecule has 0 aliphatic heterocycles. The number of halogens is 1. The molecule has 2 heterocycles. The summed E-state index contributed by atoms with van der Waals surface area (Å²) in [5.74, 6) is 0. The second kappa shape index (κ2) is 7.12. The van der Waals surface area contributed by atoms with Crippen molar-refractivity contribution in [3.63, 3.8) is 0 Å². The Hall–Kier alpha value is -1.89. The van der Waals surface area contributed by atoms with Gasteiger partial charge in [-0.2, -0.15) is 0 Å². The van der Waals surface area contributed by atoms with Gasteiger partial charge in [0.25, 0.3) is 0 Å². The summed E-state index contributed by atoms with van der Waals surface area (Å²) in [6.07, 6.45) is 0. The predicted molar refractivity (Wildman–Crippen MR) is 97.5 cm³/mol. The van der Waals surface area contributed by atoms with Crippen molar-refractivity contribution in [2.24, 2.45) is 0 Å². The minimum absolute atomic E-state index is 0.252. The van der Waals surface area contributed by atoms with Crippen molar-refractivity contribution in [2.45, 2.75) is 13.5 Å². The Morgan fingerprint density at radius 2 is 2.04 bits per heavy atom. The monoisotopic (exact) mass is 363 g/mol. The zero-order valence-electron chi connectivity index (χ0n) is 12.3. The van der Waals surface area contributed by atoms with E-state index in [1.165, 1.54) is 0 Å². The van der Waals surface area contributed by atoms with Crippen LogP contribution in [-0.4, -0.2) is 11.0 Å². The molecule has 0 aliphatic carbocycles. The molecular formula is C16H14ClN3OS2. The van der Waals surface area contributed by atoms with Crippen molar-refractivity contribution in [3.8, 4) is 9.88 Å². The van der Waals surface area contributed by atoms with Gasteiger partial charge in [-0.05, 0) is 42.6 Å². The van der Waals surface area contributed by atoms with Gasteiger partial charge in [0, 0.05) is 15.6 Å². The molecule has 0 spiro atoms. The molecule has 7 heteroatoms. The fourth-order valence-corrected chi connectivity index (χ4v) is 3.89. The van der Waals surface area contributed by atoms with Gasteiger partial charge >= 0.3 is 6.03 Å². The normalized spacial score (nSPS) is 10.5. The number of thiazole rings is 1. The lowest BCUT2D eigenvalue weighted by atomic mass is 10.3. The first-order valence-electron chi connectivity index (χ1n) is 6.92. The van der Waals surface area contributed by atoms with Gasteiger partial charge in [0.15, 0.2) is 0 Å². The van der Waals surface area contributed by atoms with E-state index in [1.54, 1.807) is 46.9 Å². The average molecular weight is 364 g/mol. The van der Waals surface area contributed by atoms with Gasteiger partial charge in [0.05, 0.1) is 17.1 Å². The smallest absolute Gasteiger partial charge is 0.319 e. The number of hydrogen-bond donors (Lipinski definition) is 2. The van der Waals surface area contributed by atoms with Crippen LogP contribution in [0.15, 0.2) is 41.8 Å². The maximum absolute atomic E-state index is 11.9. The van der Waals surface area contributed by atoms with E-state index in [1.807, 2.05) is 24.4 Å². The summed E-state index contributed by atoms with van der Waals surface area (Å²) in [6.45, 7) is 2.41. The van der Waals surface area contributed by atoms with Crippen molar-refractivity contribution in [3.05, 3.63) is 57.4 Å². The van der Waals surface area contributed by atoms with Gasteiger partial charge in [-0.1, -0.05) is 17.7 Å². The van der Waals surface area contributed by atoms with Gasteiger partial charge < -0.3 is 10.6 Å². The Bertz CT molecular complexity index is 797. The SMILES string of the molecule is Cc1nc(-c2cccs2)sc1CNC(=O)Nc1ccc(Cl)cc1. The lowest BCUT2D eigenvalue weighted by Gasteiger charge is -2.07. The molecule has 2 aromatic heterocycles. The van der Waals surface area contributed by atoms with Crippen LogP contribution in [0.4, 0.5) is 10.5 Å². The molecule has 0 aliphatic rings. The molecular weight excluding hydrogens is 350 g/mol. The first kappa shape index (κ1) is 16.0. The zero-order chi connectivity index (χ0) is 16.2. The summed E-state index contributed by atoms with van der Waals surface area (Å²) >= 11 is 9.09. The average Bonchev–Trinajstić information content (AvgIpc) is 3.17. The quantitative estimate of drug-likeness (QED) is 0.673. The van der Waals surface area contributed by atoms with Crippen LogP contribution in [0.25, 0.3) is 9.88 Å². The molecule has 0 unspecified atom stereocenters. The van der Waals surface area contributed by atoms with Crippen LogP contribution in [0, 0.1) is 6.92 Å². The van der Waals surface area contributed by atoms with Gasteiger partial charge in [0.2, 0.25) is 0 Å². The fraction of sp³-hybridized carbons (Fsp3) is 0.125. The number of hydrogen-bond acceptors (Lipinski definition) is 4. The topological polar surface area (TPSA) is 54.0 Å². The maximum atomic E-state index is 11.9. The molecule has 3 rings (SSSR count). The number of carbonyl (C=O) groups excluding carboxylic acids is 1. The molecule has 0 atom stereocenters. The number of benzene rings is 1. The summed E-state index contributed by atoms with van der Waals surface area (Å²) < 4.78 is 0. The zero-order valence-corrected chi connectivity index (χ0v) is 14.7. The number of thiophene rings is 1. The van der Waals surface area contributed by atoms with Crippen LogP contribution in [0.2, 0.25) is 5.02 Å². The number of urea groups is 1. The summed E-state index contributed by atoms with van der Waals surface area (Å²) in [5.41, 5.74) is 1.65. The summed E-state index contributed by atoms with van der Waals surface area (Å²) in [7, 11) is 0. The molecule has 0 radical (unpaired) electrons. The molecule has 118 valence electrons. The highest BCUT2D eigenvalue weighted by Gasteiger charge is 2.11. The number of anilines is 1. The summed E-state index contributed by atoms with van der Waals surface area (Å²) in [5, 5.41) is 9.28. The number of rotatable bonds is 4. The number of carbonyl (C=O) groups is 1. The van der Waals surface area contributed by atoms with Crippen LogP contribution in [0.5, 0.6) is 0 Å². The molecule has 2 amide bonds. The van der Waals surface area contributed by atoms with Crippen molar-refractivity contribution in [1.29, 1.82) is 0 Å². The Labute approximate surface area is 147 Å². The predicted octanol–water partition coefficient (Wildman–Crippen LogP) is 5.16. The third-order valence-corrected chi connectivity index (χ3v) is 5.58. The lowest BCUT2D eigenvalue weighted by molar-refractivity contribution is 0.252. The highest BCUT2D eigenvalue weighted by molar-refractivity contribution is 7.21. The number of aryl methyl sites for hydroxylation is 1. The Balaban J connectivity index is 1.59. The molecule has 4 nitrogen and oxygen atoms in total. The van der Waals surface area contributed by atoms with Gasteiger partial charge in [0.1, 0.15) is 5.01 Å². The van der Waals surface area contributed by atoms with Crippen LogP contribution < -0.4 is 10.6 Å². The third-order valence-electron chi connectivity index (χ3n) is 3.14. The van der Waals surface area contributed by atoms with Crippen molar-refractivity contribution >= 4 is 46.0 Å². The van der Waals surface area contributed by atoms with Crippen LogP contribution in [0.1, 0.15) is 10.6 Å². The van der Waals surface area contributed by atoms with Gasteiger partial charge in [-0.3, -0.25) is 0 Å². The highest BCUT2D eigenvalue weighted by atomic mass is 35.5. The summed E-state index contributed by atoms with van der Waals surface area (Å²) in [4.78, 5) is 18.7. The summed E-state index contributed by atoms with van der Waals surface area (Å²) in [6, 6.07) is 10.8. The molecule has 0 saturated heterocycles. The maximum Gasteiger partial charge on any atom is 0.319 e. The van der Waals surface area contributed by atoms with Crippen molar-refractivity contribution in [2.75, 3.05) is 5.32 Å². The van der Waals surface area contributed by atoms with E-state index in [-0.39, 0.29) is 6.03 Å². The molecule has 23 heavy (non-hydrogen) atoms. The van der Waals surface area contributed by atoms with E-state index in [0.717, 1.165) is 20.5 Å². The molecule has 0 fully saturated rings. The van der Waals surface area contributed by atoms with Gasteiger partial charge in [-0.25, -0.2) is 9.78 Å². The van der Waals surface area contributed by atoms with Crippen molar-refractivity contribution < 1.29 is 4.79 Å². The molecule has 3 aromatic rings. The van der Waals surface area contributed by atoms with Crippen molar-refractivity contribution in [1.82, 2.24) is 10.3 Å². The van der Waals surface area contributed by atoms with E-state index in [0.29, 0.717) is 17.3 Å². The Morgan fingerprint density at radius 1 is 1.26 bits per heavy atom.